The Hall–Kier alpha value is -1.04. The summed E-state index contributed by atoms with van der Waals surface area (Å²) in [5.41, 5.74) is -1.05. The van der Waals surface area contributed by atoms with Gasteiger partial charge in [-0.2, -0.15) is 5.26 Å². The fourth-order valence-electron chi connectivity index (χ4n) is 3.34. The Balaban J connectivity index is 2.31. The van der Waals surface area contributed by atoms with Gasteiger partial charge in [0, 0.05) is 5.02 Å². The second kappa shape index (κ2) is 5.76. The molecule has 0 saturated heterocycles. The van der Waals surface area contributed by atoms with Gasteiger partial charge >= 0.3 is 0 Å². The Morgan fingerprint density at radius 1 is 1.35 bits per heavy atom. The van der Waals surface area contributed by atoms with Crippen molar-refractivity contribution in [2.75, 3.05) is 0 Å². The van der Waals surface area contributed by atoms with Crippen LogP contribution < -0.4 is 0 Å². The summed E-state index contributed by atoms with van der Waals surface area (Å²) >= 11 is 5.91. The van der Waals surface area contributed by atoms with Crippen molar-refractivity contribution in [2.24, 2.45) is 11.3 Å². The molecule has 1 atom stereocenters. The maximum absolute atomic E-state index is 11.0. The number of hydrogen-bond donors (Lipinski definition) is 1. The third kappa shape index (κ3) is 2.57. The molecule has 3 heteroatoms. The lowest BCUT2D eigenvalue weighted by atomic mass is 9.60. The number of hydrogen-bond acceptors (Lipinski definition) is 2. The van der Waals surface area contributed by atoms with Gasteiger partial charge in [0.2, 0.25) is 0 Å². The van der Waals surface area contributed by atoms with E-state index in [-0.39, 0.29) is 0 Å². The van der Waals surface area contributed by atoms with Gasteiger partial charge in [0.25, 0.3) is 0 Å². The smallest absolute Gasteiger partial charge is 0.105 e. The summed E-state index contributed by atoms with van der Waals surface area (Å²) in [5, 5.41) is 21.4. The van der Waals surface area contributed by atoms with Crippen molar-refractivity contribution < 1.29 is 5.11 Å². The van der Waals surface area contributed by atoms with Gasteiger partial charge < -0.3 is 5.11 Å². The Morgan fingerprint density at radius 2 is 1.90 bits per heavy atom. The van der Waals surface area contributed by atoms with E-state index in [4.69, 9.17) is 11.6 Å². The summed E-state index contributed by atoms with van der Waals surface area (Å²) in [6.07, 6.45) is 4.72. The molecule has 1 aromatic rings. The minimum Gasteiger partial charge on any atom is -0.384 e. The summed E-state index contributed by atoms with van der Waals surface area (Å²) in [6.45, 7) is 3.97. The van der Waals surface area contributed by atoms with Gasteiger partial charge in [-0.3, -0.25) is 0 Å². The van der Waals surface area contributed by atoms with Crippen molar-refractivity contribution in [3.05, 3.63) is 34.9 Å². The van der Waals surface area contributed by atoms with Crippen LogP contribution in [0, 0.1) is 22.7 Å². The molecule has 20 heavy (non-hydrogen) atoms. The van der Waals surface area contributed by atoms with Crippen LogP contribution >= 0.6 is 11.6 Å². The molecule has 0 radical (unpaired) electrons. The summed E-state index contributed by atoms with van der Waals surface area (Å²) in [7, 11) is 0. The highest BCUT2D eigenvalue weighted by molar-refractivity contribution is 6.30. The monoisotopic (exact) mass is 291 g/mol. The maximum Gasteiger partial charge on any atom is 0.105 e. The molecule has 2 nitrogen and oxygen atoms in total. The summed E-state index contributed by atoms with van der Waals surface area (Å²) < 4.78 is 0. The van der Waals surface area contributed by atoms with Crippen LogP contribution in [0.5, 0.6) is 0 Å². The standard InChI is InChI=1S/C17H22ClNO/c1-3-13-8-10-17(12-19,11-9-13)16(2,20)14-4-6-15(18)7-5-14/h4-7,13,20H,3,8-11H2,1-2H3. The van der Waals surface area contributed by atoms with E-state index >= 15 is 0 Å². The molecule has 108 valence electrons. The van der Waals surface area contributed by atoms with E-state index in [2.05, 4.69) is 13.0 Å². The van der Waals surface area contributed by atoms with E-state index < -0.39 is 11.0 Å². The van der Waals surface area contributed by atoms with Crippen LogP contribution in [0.1, 0.15) is 51.5 Å². The Morgan fingerprint density at radius 3 is 2.35 bits per heavy atom. The zero-order valence-electron chi connectivity index (χ0n) is 12.2. The Bertz CT molecular complexity index is 493. The molecule has 1 saturated carbocycles. The van der Waals surface area contributed by atoms with Crippen molar-refractivity contribution in [3.63, 3.8) is 0 Å². The number of aliphatic hydroxyl groups is 1. The zero-order valence-corrected chi connectivity index (χ0v) is 13.0. The molecular weight excluding hydrogens is 270 g/mol. The molecule has 0 heterocycles. The lowest BCUT2D eigenvalue weighted by Crippen LogP contribution is -2.45. The molecule has 0 aliphatic heterocycles. The predicted molar refractivity (Wildman–Crippen MR) is 81.3 cm³/mol. The fourth-order valence-corrected chi connectivity index (χ4v) is 3.46. The Kier molecular flexibility index (Phi) is 4.42. The molecule has 1 aliphatic rings. The summed E-state index contributed by atoms with van der Waals surface area (Å²) in [5.74, 6) is 0.692. The molecule has 0 bridgehead atoms. The van der Waals surface area contributed by atoms with Crippen LogP contribution in [0.3, 0.4) is 0 Å². The Labute approximate surface area is 126 Å². The first-order chi connectivity index (χ1) is 9.45. The topological polar surface area (TPSA) is 44.0 Å². The van der Waals surface area contributed by atoms with Gasteiger partial charge in [0.05, 0.1) is 11.5 Å². The molecule has 0 spiro atoms. The quantitative estimate of drug-likeness (QED) is 0.880. The maximum atomic E-state index is 11.0. The van der Waals surface area contributed by atoms with Crippen molar-refractivity contribution in [1.82, 2.24) is 0 Å². The average molecular weight is 292 g/mol. The van der Waals surface area contributed by atoms with Crippen LogP contribution in [0.4, 0.5) is 0 Å². The molecule has 1 fully saturated rings. The molecule has 0 amide bonds. The first-order valence-corrected chi connectivity index (χ1v) is 7.72. The van der Waals surface area contributed by atoms with Crippen molar-refractivity contribution in [2.45, 2.75) is 51.6 Å². The number of nitriles is 1. The number of halogens is 1. The van der Waals surface area contributed by atoms with E-state index in [1.165, 1.54) is 0 Å². The largest absolute Gasteiger partial charge is 0.384 e. The fraction of sp³-hybridized carbons (Fsp3) is 0.588. The predicted octanol–water partition coefficient (Wildman–Crippen LogP) is 4.66. The highest BCUT2D eigenvalue weighted by Gasteiger charge is 2.50. The first-order valence-electron chi connectivity index (χ1n) is 7.35. The molecule has 0 aromatic heterocycles. The van der Waals surface area contributed by atoms with Crippen LogP contribution in [-0.4, -0.2) is 5.11 Å². The first kappa shape index (κ1) is 15.4. The van der Waals surface area contributed by atoms with Gasteiger partial charge in [-0.05, 0) is 56.2 Å². The van der Waals surface area contributed by atoms with E-state index in [0.29, 0.717) is 10.9 Å². The number of nitrogens with zero attached hydrogens (tertiary/aromatic N) is 1. The molecule has 2 rings (SSSR count). The molecule has 1 aliphatic carbocycles. The lowest BCUT2D eigenvalue weighted by molar-refractivity contribution is -0.0698. The van der Waals surface area contributed by atoms with E-state index in [1.807, 2.05) is 12.1 Å². The minimum absolute atomic E-state index is 0.644. The van der Waals surface area contributed by atoms with Gasteiger partial charge in [0.1, 0.15) is 5.60 Å². The third-order valence-electron chi connectivity index (χ3n) is 5.09. The van der Waals surface area contributed by atoms with E-state index in [1.54, 1.807) is 19.1 Å². The highest BCUT2D eigenvalue weighted by Crippen LogP contribution is 2.51. The van der Waals surface area contributed by atoms with Gasteiger partial charge in [-0.1, -0.05) is 37.1 Å². The number of rotatable bonds is 3. The van der Waals surface area contributed by atoms with Crippen molar-refractivity contribution in [3.8, 4) is 6.07 Å². The second-order valence-electron chi connectivity index (χ2n) is 6.12. The SMILES string of the molecule is CCC1CCC(C#N)(C(C)(O)c2ccc(Cl)cc2)CC1. The van der Waals surface area contributed by atoms with Crippen molar-refractivity contribution in [1.29, 1.82) is 5.26 Å². The summed E-state index contributed by atoms with van der Waals surface area (Å²) in [6, 6.07) is 9.63. The second-order valence-corrected chi connectivity index (χ2v) is 6.56. The van der Waals surface area contributed by atoms with Crippen LogP contribution in [0.15, 0.2) is 24.3 Å². The van der Waals surface area contributed by atoms with Gasteiger partial charge in [-0.25, -0.2) is 0 Å². The highest BCUT2D eigenvalue weighted by atomic mass is 35.5. The molecule has 1 N–H and O–H groups in total. The molecule has 1 aromatic carbocycles. The molecular formula is C17H22ClNO. The van der Waals surface area contributed by atoms with Gasteiger partial charge in [-0.15, -0.1) is 0 Å². The van der Waals surface area contributed by atoms with Crippen LogP contribution in [0.25, 0.3) is 0 Å². The molecule has 1 unspecified atom stereocenters. The normalized spacial score (nSPS) is 29.4. The van der Waals surface area contributed by atoms with Crippen LogP contribution in [-0.2, 0) is 5.60 Å². The number of benzene rings is 1. The van der Waals surface area contributed by atoms with Gasteiger partial charge in [0.15, 0.2) is 0 Å². The lowest BCUT2D eigenvalue weighted by Gasteiger charge is -2.45. The third-order valence-corrected chi connectivity index (χ3v) is 5.34. The average Bonchev–Trinajstić information content (AvgIpc) is 2.47. The van der Waals surface area contributed by atoms with Crippen LogP contribution in [0.2, 0.25) is 5.02 Å². The van der Waals surface area contributed by atoms with Crippen molar-refractivity contribution >= 4 is 11.6 Å². The van der Waals surface area contributed by atoms with E-state index in [9.17, 15) is 10.4 Å². The minimum atomic E-state index is -1.13. The summed E-state index contributed by atoms with van der Waals surface area (Å²) in [4.78, 5) is 0. The zero-order chi connectivity index (χ0) is 14.8. The van der Waals surface area contributed by atoms with E-state index in [0.717, 1.165) is 37.7 Å².